The average Bonchev–Trinajstić information content (AvgIpc) is 2.54. The third-order valence-corrected chi connectivity index (χ3v) is 4.20. The number of amides is 1. The van der Waals surface area contributed by atoms with Crippen molar-refractivity contribution in [1.29, 1.82) is 0 Å². The van der Waals surface area contributed by atoms with E-state index in [1.165, 1.54) is 12.3 Å². The number of nitrogens with two attached hydrogens (primary N) is 1. The van der Waals surface area contributed by atoms with E-state index < -0.39 is 11.7 Å². The van der Waals surface area contributed by atoms with Crippen LogP contribution >= 0.6 is 12.4 Å². The Bertz CT molecular complexity index is 556. The zero-order valence-corrected chi connectivity index (χ0v) is 14.7. The van der Waals surface area contributed by atoms with Gasteiger partial charge in [-0.25, -0.2) is 0 Å². The summed E-state index contributed by atoms with van der Waals surface area (Å²) in [6.07, 6.45) is 0.00272. The van der Waals surface area contributed by atoms with Gasteiger partial charge in [-0.15, -0.1) is 12.4 Å². The van der Waals surface area contributed by atoms with E-state index in [-0.39, 0.29) is 49.6 Å². The van der Waals surface area contributed by atoms with E-state index in [2.05, 4.69) is 10.3 Å². The molecule has 1 amide bonds. The summed E-state index contributed by atoms with van der Waals surface area (Å²) in [5.41, 5.74) is 4.68. The predicted octanol–water partition coefficient (Wildman–Crippen LogP) is 2.34. The minimum atomic E-state index is -4.41. The third kappa shape index (κ3) is 6.45. The second-order valence-corrected chi connectivity index (χ2v) is 5.96. The average molecular weight is 381 g/mol. The molecule has 1 saturated heterocycles. The molecule has 1 fully saturated rings. The van der Waals surface area contributed by atoms with Crippen LogP contribution in [0, 0.1) is 0 Å². The molecule has 1 aliphatic rings. The molecule has 3 N–H and O–H groups in total. The lowest BCUT2D eigenvalue weighted by molar-refractivity contribution is -0.138. The van der Waals surface area contributed by atoms with Crippen LogP contribution in [0.15, 0.2) is 18.3 Å². The Kier molecular flexibility index (Phi) is 8.61. The zero-order valence-electron chi connectivity index (χ0n) is 13.9. The van der Waals surface area contributed by atoms with E-state index in [4.69, 9.17) is 5.73 Å². The first-order chi connectivity index (χ1) is 11.4. The Balaban J connectivity index is 0.00000312. The van der Waals surface area contributed by atoms with Gasteiger partial charge in [0.15, 0.2) is 0 Å². The lowest BCUT2D eigenvalue weighted by atomic mass is 10.0. The molecular weight excluding hydrogens is 357 g/mol. The molecule has 0 aliphatic carbocycles. The molecule has 25 heavy (non-hydrogen) atoms. The van der Waals surface area contributed by atoms with E-state index in [9.17, 15) is 18.0 Å². The Morgan fingerprint density at radius 3 is 2.84 bits per heavy atom. The summed E-state index contributed by atoms with van der Waals surface area (Å²) in [4.78, 5) is 17.5. The minimum absolute atomic E-state index is 0. The van der Waals surface area contributed by atoms with Crippen molar-refractivity contribution in [3.8, 4) is 0 Å². The SMILES string of the molecule is Cl.NCCC(=O)NCC1CCCCN1Cc1ncccc1C(F)(F)F. The van der Waals surface area contributed by atoms with Crippen LogP contribution in [0.4, 0.5) is 13.2 Å². The fourth-order valence-electron chi connectivity index (χ4n) is 2.96. The normalized spacial score (nSPS) is 18.5. The molecule has 142 valence electrons. The molecule has 0 spiro atoms. The summed E-state index contributed by atoms with van der Waals surface area (Å²) in [7, 11) is 0. The molecule has 0 radical (unpaired) electrons. The van der Waals surface area contributed by atoms with Gasteiger partial charge in [0.25, 0.3) is 0 Å². The van der Waals surface area contributed by atoms with Crippen molar-refractivity contribution in [1.82, 2.24) is 15.2 Å². The van der Waals surface area contributed by atoms with Crippen LogP contribution in [0.25, 0.3) is 0 Å². The quantitative estimate of drug-likeness (QED) is 0.794. The van der Waals surface area contributed by atoms with Crippen LogP contribution in [0.5, 0.6) is 0 Å². The first kappa shape index (κ1) is 21.7. The monoisotopic (exact) mass is 380 g/mol. The molecule has 2 rings (SSSR count). The van der Waals surface area contributed by atoms with Gasteiger partial charge in [0, 0.05) is 38.3 Å². The number of nitrogens with one attached hydrogen (secondary N) is 1. The Labute approximate surface area is 151 Å². The molecule has 1 aromatic heterocycles. The maximum atomic E-state index is 13.1. The molecule has 5 nitrogen and oxygen atoms in total. The second kappa shape index (κ2) is 9.94. The highest BCUT2D eigenvalue weighted by molar-refractivity contribution is 5.85. The first-order valence-electron chi connectivity index (χ1n) is 8.13. The third-order valence-electron chi connectivity index (χ3n) is 4.20. The van der Waals surface area contributed by atoms with Crippen LogP contribution < -0.4 is 11.1 Å². The number of carbonyl (C=O) groups is 1. The van der Waals surface area contributed by atoms with E-state index in [0.29, 0.717) is 13.1 Å². The van der Waals surface area contributed by atoms with Gasteiger partial charge in [-0.1, -0.05) is 6.42 Å². The van der Waals surface area contributed by atoms with E-state index >= 15 is 0 Å². The molecule has 9 heteroatoms. The topological polar surface area (TPSA) is 71.2 Å². The second-order valence-electron chi connectivity index (χ2n) is 5.96. The number of rotatable bonds is 6. The summed E-state index contributed by atoms with van der Waals surface area (Å²) in [5, 5.41) is 2.81. The number of hydrogen-bond donors (Lipinski definition) is 2. The maximum absolute atomic E-state index is 13.1. The Hall–Kier alpha value is -1.38. The molecule has 0 bridgehead atoms. The Morgan fingerprint density at radius 1 is 1.40 bits per heavy atom. The summed E-state index contributed by atoms with van der Waals surface area (Å²) in [5.74, 6) is -0.128. The van der Waals surface area contributed by atoms with Gasteiger partial charge in [0.05, 0.1) is 11.3 Å². The van der Waals surface area contributed by atoms with Gasteiger partial charge >= 0.3 is 6.18 Å². The number of aromatic nitrogens is 1. The van der Waals surface area contributed by atoms with Crippen LogP contribution in [0.3, 0.4) is 0 Å². The van der Waals surface area contributed by atoms with Crippen LogP contribution in [-0.4, -0.2) is 41.5 Å². The van der Waals surface area contributed by atoms with Crippen LogP contribution in [0.2, 0.25) is 0 Å². The number of piperidine rings is 1. The summed E-state index contributed by atoms with van der Waals surface area (Å²) in [6, 6.07) is 2.38. The number of carbonyl (C=O) groups excluding carboxylic acids is 1. The zero-order chi connectivity index (χ0) is 17.6. The van der Waals surface area contributed by atoms with Crippen molar-refractivity contribution in [2.75, 3.05) is 19.6 Å². The lowest BCUT2D eigenvalue weighted by Crippen LogP contribution is -2.46. The highest BCUT2D eigenvalue weighted by Crippen LogP contribution is 2.32. The number of likely N-dealkylation sites (tertiary alicyclic amines) is 1. The van der Waals surface area contributed by atoms with Crippen molar-refractivity contribution >= 4 is 18.3 Å². The fraction of sp³-hybridized carbons (Fsp3) is 0.625. The van der Waals surface area contributed by atoms with Gasteiger partial charge in [-0.3, -0.25) is 14.7 Å². The Morgan fingerprint density at radius 2 is 2.16 bits per heavy atom. The molecule has 1 aliphatic heterocycles. The van der Waals surface area contributed by atoms with Gasteiger partial charge in [0.1, 0.15) is 0 Å². The molecule has 0 saturated carbocycles. The molecular formula is C16H24ClF3N4O. The molecule has 1 aromatic rings. The van der Waals surface area contributed by atoms with Crippen LogP contribution in [0.1, 0.15) is 36.9 Å². The predicted molar refractivity (Wildman–Crippen MR) is 91.2 cm³/mol. The maximum Gasteiger partial charge on any atom is 0.418 e. The van der Waals surface area contributed by atoms with E-state index in [0.717, 1.165) is 25.3 Å². The van der Waals surface area contributed by atoms with Crippen molar-refractivity contribution in [2.24, 2.45) is 5.73 Å². The highest BCUT2D eigenvalue weighted by Gasteiger charge is 2.35. The lowest BCUT2D eigenvalue weighted by Gasteiger charge is -2.36. The van der Waals surface area contributed by atoms with Crippen molar-refractivity contribution in [2.45, 2.75) is 44.4 Å². The van der Waals surface area contributed by atoms with Gasteiger partial charge < -0.3 is 11.1 Å². The minimum Gasteiger partial charge on any atom is -0.354 e. The molecule has 1 atom stereocenters. The van der Waals surface area contributed by atoms with Gasteiger partial charge in [0.2, 0.25) is 5.91 Å². The molecule has 1 unspecified atom stereocenters. The fourth-order valence-corrected chi connectivity index (χ4v) is 2.96. The summed E-state index contributed by atoms with van der Waals surface area (Å²) < 4.78 is 39.3. The molecule has 0 aromatic carbocycles. The van der Waals surface area contributed by atoms with Crippen molar-refractivity contribution in [3.05, 3.63) is 29.6 Å². The summed E-state index contributed by atoms with van der Waals surface area (Å²) >= 11 is 0. The standard InChI is InChI=1S/C16H23F3N4O.ClH/c17-16(18,19)13-5-3-8-21-14(13)11-23-9-2-1-4-12(23)10-22-15(24)6-7-20;/h3,5,8,12H,1-2,4,6-7,9-11,20H2,(H,22,24);1H. The van der Waals surface area contributed by atoms with Crippen molar-refractivity contribution in [3.63, 3.8) is 0 Å². The molecule has 2 heterocycles. The number of hydrogen-bond acceptors (Lipinski definition) is 4. The van der Waals surface area contributed by atoms with E-state index in [1.807, 2.05) is 4.90 Å². The smallest absolute Gasteiger partial charge is 0.354 e. The highest BCUT2D eigenvalue weighted by atomic mass is 35.5. The van der Waals surface area contributed by atoms with Gasteiger partial charge in [-0.2, -0.15) is 13.2 Å². The number of alkyl halides is 3. The van der Waals surface area contributed by atoms with Crippen molar-refractivity contribution < 1.29 is 18.0 Å². The first-order valence-corrected chi connectivity index (χ1v) is 8.13. The summed E-state index contributed by atoms with van der Waals surface area (Å²) in [6.45, 7) is 1.54. The largest absolute Gasteiger partial charge is 0.418 e. The van der Waals surface area contributed by atoms with E-state index in [1.54, 1.807) is 0 Å². The number of nitrogens with zero attached hydrogens (tertiary/aromatic N) is 2. The van der Waals surface area contributed by atoms with Crippen LogP contribution in [-0.2, 0) is 17.5 Å². The van der Waals surface area contributed by atoms with Gasteiger partial charge in [-0.05, 0) is 31.5 Å². The number of halogens is 4. The number of pyridine rings is 1.